The van der Waals surface area contributed by atoms with Gasteiger partial charge in [0.2, 0.25) is 11.8 Å². The monoisotopic (exact) mass is 284 g/mol. The van der Waals surface area contributed by atoms with Gasteiger partial charge in [-0.1, -0.05) is 0 Å². The molecule has 0 aromatic heterocycles. The van der Waals surface area contributed by atoms with E-state index in [2.05, 4.69) is 5.32 Å². The molecule has 0 aromatic rings. The minimum atomic E-state index is -1.05. The van der Waals surface area contributed by atoms with Crippen molar-refractivity contribution in [2.75, 3.05) is 39.5 Å². The maximum atomic E-state index is 12.4. The van der Waals surface area contributed by atoms with E-state index >= 15 is 0 Å². The van der Waals surface area contributed by atoms with Gasteiger partial charge in [0.1, 0.15) is 5.41 Å². The Labute approximate surface area is 119 Å². The van der Waals surface area contributed by atoms with Crippen LogP contribution in [-0.4, -0.2) is 62.3 Å². The minimum Gasteiger partial charge on any atom is -0.378 e. The van der Waals surface area contributed by atoms with Crippen molar-refractivity contribution < 1.29 is 19.1 Å². The Kier molecular flexibility index (Phi) is 4.99. The summed E-state index contributed by atoms with van der Waals surface area (Å²) < 4.78 is 10.7. The highest BCUT2D eigenvalue weighted by Crippen LogP contribution is 2.20. The van der Waals surface area contributed by atoms with Crippen molar-refractivity contribution in [1.29, 1.82) is 0 Å². The lowest BCUT2D eigenvalue weighted by Gasteiger charge is -2.33. The molecule has 114 valence electrons. The van der Waals surface area contributed by atoms with Gasteiger partial charge in [-0.2, -0.15) is 0 Å². The Bertz CT molecular complexity index is 358. The van der Waals surface area contributed by atoms with Gasteiger partial charge in [-0.05, 0) is 26.7 Å². The van der Waals surface area contributed by atoms with Crippen molar-refractivity contribution in [2.45, 2.75) is 32.8 Å². The summed E-state index contributed by atoms with van der Waals surface area (Å²) in [5.74, 6) is -0.366. The first-order valence-corrected chi connectivity index (χ1v) is 7.29. The lowest BCUT2D eigenvalue weighted by Crippen LogP contribution is -2.53. The normalized spacial score (nSPS) is 23.7. The summed E-state index contributed by atoms with van der Waals surface area (Å²) in [7, 11) is 0. The Morgan fingerprint density at radius 1 is 1.25 bits per heavy atom. The van der Waals surface area contributed by atoms with E-state index in [1.54, 1.807) is 18.7 Å². The number of hydrogen-bond donors (Lipinski definition) is 1. The fraction of sp³-hybridized carbons (Fsp3) is 0.857. The number of nitrogens with zero attached hydrogens (tertiary/aromatic N) is 1. The molecule has 2 aliphatic rings. The maximum Gasteiger partial charge on any atom is 0.237 e. The van der Waals surface area contributed by atoms with Crippen LogP contribution in [0.5, 0.6) is 0 Å². The first-order chi connectivity index (χ1) is 9.51. The largest absolute Gasteiger partial charge is 0.378 e. The summed E-state index contributed by atoms with van der Waals surface area (Å²) in [5.41, 5.74) is -1.05. The van der Waals surface area contributed by atoms with Gasteiger partial charge >= 0.3 is 0 Å². The summed E-state index contributed by atoms with van der Waals surface area (Å²) in [5, 5.41) is 2.84. The van der Waals surface area contributed by atoms with Crippen LogP contribution in [0.15, 0.2) is 0 Å². The molecule has 2 amide bonds. The van der Waals surface area contributed by atoms with Crippen molar-refractivity contribution >= 4 is 11.8 Å². The molecule has 0 aromatic carbocycles. The zero-order valence-corrected chi connectivity index (χ0v) is 12.3. The van der Waals surface area contributed by atoms with Crippen LogP contribution in [0.2, 0.25) is 0 Å². The van der Waals surface area contributed by atoms with Crippen LogP contribution < -0.4 is 5.32 Å². The van der Waals surface area contributed by atoms with Crippen molar-refractivity contribution in [3.63, 3.8) is 0 Å². The van der Waals surface area contributed by atoms with E-state index < -0.39 is 5.41 Å². The van der Waals surface area contributed by atoms with E-state index in [0.29, 0.717) is 32.8 Å². The molecule has 0 bridgehead atoms. The molecule has 1 unspecified atom stereocenters. The number of ether oxygens (including phenoxy) is 2. The summed E-state index contributed by atoms with van der Waals surface area (Å²) in [6.45, 7) is 6.79. The Hall–Kier alpha value is -1.14. The summed E-state index contributed by atoms with van der Waals surface area (Å²) in [6, 6.07) is 0. The molecule has 0 saturated carbocycles. The van der Waals surface area contributed by atoms with E-state index in [1.807, 2.05) is 0 Å². The van der Waals surface area contributed by atoms with Crippen molar-refractivity contribution in [2.24, 2.45) is 5.41 Å². The van der Waals surface area contributed by atoms with Crippen molar-refractivity contribution in [3.8, 4) is 0 Å². The Balaban J connectivity index is 1.86. The molecule has 2 aliphatic heterocycles. The maximum absolute atomic E-state index is 12.4. The van der Waals surface area contributed by atoms with Gasteiger partial charge < -0.3 is 19.7 Å². The van der Waals surface area contributed by atoms with Crippen molar-refractivity contribution in [1.82, 2.24) is 10.2 Å². The molecule has 0 radical (unpaired) electrons. The third-order valence-electron chi connectivity index (χ3n) is 3.91. The number of carbonyl (C=O) groups is 2. The molecule has 20 heavy (non-hydrogen) atoms. The average Bonchev–Trinajstić information content (AvgIpc) is 2.98. The number of morpholine rings is 1. The van der Waals surface area contributed by atoms with Crippen molar-refractivity contribution in [3.05, 3.63) is 0 Å². The highest BCUT2D eigenvalue weighted by molar-refractivity contribution is 6.04. The number of carbonyl (C=O) groups excluding carboxylic acids is 2. The summed E-state index contributed by atoms with van der Waals surface area (Å²) >= 11 is 0. The summed E-state index contributed by atoms with van der Waals surface area (Å²) in [6.07, 6.45) is 2.10. The van der Waals surface area contributed by atoms with Crippen LogP contribution in [-0.2, 0) is 19.1 Å². The quantitative estimate of drug-likeness (QED) is 0.747. The molecular weight excluding hydrogens is 260 g/mol. The fourth-order valence-corrected chi connectivity index (χ4v) is 2.49. The van der Waals surface area contributed by atoms with E-state index in [0.717, 1.165) is 19.4 Å². The van der Waals surface area contributed by atoms with Gasteiger partial charge in [0.25, 0.3) is 0 Å². The molecule has 2 heterocycles. The Morgan fingerprint density at radius 3 is 2.55 bits per heavy atom. The molecule has 0 spiro atoms. The van der Waals surface area contributed by atoms with E-state index in [9.17, 15) is 9.59 Å². The summed E-state index contributed by atoms with van der Waals surface area (Å²) in [4.78, 5) is 26.4. The van der Waals surface area contributed by atoms with Gasteiger partial charge in [-0.15, -0.1) is 0 Å². The number of rotatable bonds is 4. The molecule has 2 rings (SSSR count). The standard InChI is InChI=1S/C14H24N2O4/c1-14(2,13(18)16-5-8-19-9-6-16)12(17)15-10-11-4-3-7-20-11/h11H,3-10H2,1-2H3,(H,15,17). The smallest absolute Gasteiger partial charge is 0.237 e. The second-order valence-corrected chi connectivity index (χ2v) is 5.87. The molecule has 1 N–H and O–H groups in total. The van der Waals surface area contributed by atoms with Crippen LogP contribution in [0.3, 0.4) is 0 Å². The minimum absolute atomic E-state index is 0.0910. The zero-order valence-electron chi connectivity index (χ0n) is 12.3. The fourth-order valence-electron chi connectivity index (χ4n) is 2.49. The SMILES string of the molecule is CC(C)(C(=O)NCC1CCCO1)C(=O)N1CCOCC1. The van der Waals surface area contributed by atoms with Crippen LogP contribution in [0.25, 0.3) is 0 Å². The van der Waals surface area contributed by atoms with Crippen LogP contribution in [0.1, 0.15) is 26.7 Å². The topological polar surface area (TPSA) is 67.9 Å². The zero-order chi connectivity index (χ0) is 14.6. The third-order valence-corrected chi connectivity index (χ3v) is 3.91. The predicted octanol–water partition coefficient (Wildman–Crippen LogP) is 0.167. The molecule has 1 atom stereocenters. The molecule has 2 saturated heterocycles. The lowest BCUT2D eigenvalue weighted by molar-refractivity contribution is -0.151. The van der Waals surface area contributed by atoms with Gasteiger partial charge in [0.05, 0.1) is 19.3 Å². The predicted molar refractivity (Wildman–Crippen MR) is 73.2 cm³/mol. The number of nitrogens with one attached hydrogen (secondary N) is 1. The van der Waals surface area contributed by atoms with Gasteiger partial charge in [-0.3, -0.25) is 9.59 Å². The van der Waals surface area contributed by atoms with Gasteiger partial charge in [0.15, 0.2) is 0 Å². The first kappa shape index (κ1) is 15.3. The number of amides is 2. The van der Waals surface area contributed by atoms with E-state index in [1.165, 1.54) is 0 Å². The average molecular weight is 284 g/mol. The Morgan fingerprint density at radius 2 is 1.95 bits per heavy atom. The first-order valence-electron chi connectivity index (χ1n) is 7.29. The van der Waals surface area contributed by atoms with Crippen LogP contribution in [0, 0.1) is 5.41 Å². The third kappa shape index (κ3) is 3.49. The van der Waals surface area contributed by atoms with E-state index in [-0.39, 0.29) is 17.9 Å². The second kappa shape index (κ2) is 6.54. The lowest BCUT2D eigenvalue weighted by atomic mass is 9.90. The highest BCUT2D eigenvalue weighted by atomic mass is 16.5. The number of hydrogen-bond acceptors (Lipinski definition) is 4. The van der Waals surface area contributed by atoms with Crippen LogP contribution >= 0.6 is 0 Å². The second-order valence-electron chi connectivity index (χ2n) is 5.87. The highest BCUT2D eigenvalue weighted by Gasteiger charge is 2.39. The molecule has 0 aliphatic carbocycles. The van der Waals surface area contributed by atoms with Gasteiger partial charge in [-0.25, -0.2) is 0 Å². The molecule has 2 fully saturated rings. The van der Waals surface area contributed by atoms with E-state index in [4.69, 9.17) is 9.47 Å². The van der Waals surface area contributed by atoms with Gasteiger partial charge in [0, 0.05) is 26.2 Å². The molecule has 6 heteroatoms. The van der Waals surface area contributed by atoms with Crippen LogP contribution in [0.4, 0.5) is 0 Å². The molecular formula is C14H24N2O4. The molecule has 6 nitrogen and oxygen atoms in total.